The Bertz CT molecular complexity index is 656. The average molecular weight is 262 g/mol. The summed E-state index contributed by atoms with van der Waals surface area (Å²) in [5.74, 6) is 0.761. The van der Waals surface area contributed by atoms with E-state index in [2.05, 4.69) is 67.8 Å². The Morgan fingerprint density at radius 3 is 2.60 bits per heavy atom. The van der Waals surface area contributed by atoms with Crippen LogP contribution in [0, 0.1) is 11.8 Å². The zero-order valence-electron chi connectivity index (χ0n) is 12.1. The van der Waals surface area contributed by atoms with Crippen molar-refractivity contribution in [1.82, 2.24) is 0 Å². The molecule has 0 spiro atoms. The lowest BCUT2D eigenvalue weighted by molar-refractivity contribution is 0.731. The molecule has 1 aromatic carbocycles. The second-order valence-electron chi connectivity index (χ2n) is 5.06. The van der Waals surface area contributed by atoms with Gasteiger partial charge in [0.2, 0.25) is 0 Å². The predicted octanol–water partition coefficient (Wildman–Crippen LogP) is 3.85. The molecule has 0 heteroatoms. The molecule has 0 N–H and O–H groups in total. The molecule has 0 radical (unpaired) electrons. The molecule has 0 heterocycles. The van der Waals surface area contributed by atoms with E-state index in [1.54, 1.807) is 0 Å². The topological polar surface area (TPSA) is 0 Å². The van der Waals surface area contributed by atoms with Crippen LogP contribution in [0.4, 0.5) is 0 Å². The second kappa shape index (κ2) is 6.91. The second-order valence-corrected chi connectivity index (χ2v) is 5.06. The van der Waals surface area contributed by atoms with Crippen molar-refractivity contribution in [2.24, 2.45) is 11.8 Å². The maximum Gasteiger partial charge on any atom is 0.00537 e. The lowest BCUT2D eigenvalue weighted by Crippen LogP contribution is -2.32. The van der Waals surface area contributed by atoms with Gasteiger partial charge in [0.25, 0.3) is 0 Å². The minimum absolute atomic E-state index is 0.365. The van der Waals surface area contributed by atoms with Gasteiger partial charge < -0.3 is 0 Å². The predicted molar refractivity (Wildman–Crippen MR) is 90.5 cm³/mol. The first-order valence-corrected chi connectivity index (χ1v) is 7.15. The highest BCUT2D eigenvalue weighted by Gasteiger charge is 2.14. The third-order valence-electron chi connectivity index (χ3n) is 3.59. The van der Waals surface area contributed by atoms with Crippen LogP contribution in [0.2, 0.25) is 0 Å². The smallest absolute Gasteiger partial charge is 0.00537 e. The molecule has 0 nitrogen and oxygen atoms in total. The molecule has 0 aromatic heterocycles. The average Bonchev–Trinajstić information content (AvgIpc) is 2.47. The fourth-order valence-electron chi connectivity index (χ4n) is 2.56. The fraction of sp³-hybridized carbons (Fsp3) is 0.200. The van der Waals surface area contributed by atoms with Crippen molar-refractivity contribution in [3.05, 3.63) is 77.7 Å². The van der Waals surface area contributed by atoms with Crippen molar-refractivity contribution < 1.29 is 0 Å². The van der Waals surface area contributed by atoms with Gasteiger partial charge in [0.05, 0.1) is 0 Å². The Hall–Kier alpha value is -2.08. The van der Waals surface area contributed by atoms with Crippen molar-refractivity contribution in [2.75, 3.05) is 0 Å². The van der Waals surface area contributed by atoms with Gasteiger partial charge in [0.15, 0.2) is 0 Å². The molecule has 1 aromatic rings. The van der Waals surface area contributed by atoms with Crippen molar-refractivity contribution >= 4 is 18.2 Å². The third kappa shape index (κ3) is 3.27. The molecule has 102 valence electrons. The molecule has 2 rings (SSSR count). The van der Waals surface area contributed by atoms with Gasteiger partial charge in [0.1, 0.15) is 0 Å². The van der Waals surface area contributed by atoms with E-state index < -0.39 is 0 Å². The molecule has 0 fully saturated rings. The van der Waals surface area contributed by atoms with Gasteiger partial charge in [0, 0.05) is 11.8 Å². The molecular formula is C20H22. The van der Waals surface area contributed by atoms with E-state index in [-0.39, 0.29) is 0 Å². The first kappa shape index (κ1) is 14.3. The van der Waals surface area contributed by atoms with Gasteiger partial charge in [-0.1, -0.05) is 60.7 Å². The van der Waals surface area contributed by atoms with Crippen LogP contribution in [0.15, 0.2) is 61.7 Å². The van der Waals surface area contributed by atoms with Gasteiger partial charge in [-0.3, -0.25) is 0 Å². The van der Waals surface area contributed by atoms with Crippen molar-refractivity contribution in [3.8, 4) is 0 Å². The number of hydrogen-bond donors (Lipinski definition) is 0. The van der Waals surface area contributed by atoms with Crippen LogP contribution in [-0.4, -0.2) is 0 Å². The molecule has 20 heavy (non-hydrogen) atoms. The number of benzene rings is 1. The molecule has 0 saturated heterocycles. The van der Waals surface area contributed by atoms with Gasteiger partial charge in [-0.05, 0) is 35.4 Å². The molecular weight excluding hydrogens is 240 g/mol. The van der Waals surface area contributed by atoms with E-state index in [4.69, 9.17) is 0 Å². The minimum Gasteiger partial charge on any atom is -0.103 e. The van der Waals surface area contributed by atoms with Crippen LogP contribution < -0.4 is 10.4 Å². The Balaban J connectivity index is 2.42. The van der Waals surface area contributed by atoms with Crippen LogP contribution in [-0.2, 0) is 0 Å². The SMILES string of the molecule is C=CCC=CC1C=c2ccc(C=CC)cc2=CC1C=C. The highest BCUT2D eigenvalue weighted by atomic mass is 14.2. The Morgan fingerprint density at radius 1 is 1.10 bits per heavy atom. The maximum absolute atomic E-state index is 3.98. The molecule has 0 saturated carbocycles. The summed E-state index contributed by atoms with van der Waals surface area (Å²) in [6.45, 7) is 9.77. The van der Waals surface area contributed by atoms with Crippen molar-refractivity contribution in [1.29, 1.82) is 0 Å². The highest BCUT2D eigenvalue weighted by molar-refractivity contribution is 5.54. The van der Waals surface area contributed by atoms with E-state index in [9.17, 15) is 0 Å². The minimum atomic E-state index is 0.365. The Kier molecular flexibility index (Phi) is 4.95. The van der Waals surface area contributed by atoms with E-state index in [0.29, 0.717) is 11.8 Å². The van der Waals surface area contributed by atoms with Crippen LogP contribution in [0.1, 0.15) is 18.9 Å². The zero-order valence-corrected chi connectivity index (χ0v) is 12.1. The van der Waals surface area contributed by atoms with E-state index >= 15 is 0 Å². The van der Waals surface area contributed by atoms with Crippen LogP contribution in [0.25, 0.3) is 18.2 Å². The standard InChI is InChI=1S/C20H22/c1-4-7-8-10-18-15-19-12-11-16(9-5-2)13-20(19)14-17(18)6-3/h4-6,8-15,17-18H,1,3,7H2,2H3. The van der Waals surface area contributed by atoms with Crippen molar-refractivity contribution in [2.45, 2.75) is 13.3 Å². The molecule has 0 aliphatic heterocycles. The van der Waals surface area contributed by atoms with Gasteiger partial charge in [-0.15, -0.1) is 13.2 Å². The number of hydrogen-bond acceptors (Lipinski definition) is 0. The summed E-state index contributed by atoms with van der Waals surface area (Å²) >= 11 is 0. The van der Waals surface area contributed by atoms with Crippen LogP contribution in [0.5, 0.6) is 0 Å². The summed E-state index contributed by atoms with van der Waals surface area (Å²) in [6, 6.07) is 6.61. The van der Waals surface area contributed by atoms with E-state index in [1.165, 1.54) is 16.0 Å². The van der Waals surface area contributed by atoms with Crippen LogP contribution >= 0.6 is 0 Å². The Labute approximate surface area is 121 Å². The molecule has 2 unspecified atom stereocenters. The summed E-state index contributed by atoms with van der Waals surface area (Å²) in [7, 11) is 0. The number of fused-ring (bicyclic) bond motifs is 1. The third-order valence-corrected chi connectivity index (χ3v) is 3.59. The number of rotatable bonds is 5. The quantitative estimate of drug-likeness (QED) is 0.707. The monoisotopic (exact) mass is 262 g/mol. The first-order valence-electron chi connectivity index (χ1n) is 7.15. The zero-order chi connectivity index (χ0) is 14.4. The number of allylic oxidation sites excluding steroid dienone is 5. The maximum atomic E-state index is 3.98. The summed E-state index contributed by atoms with van der Waals surface area (Å²) < 4.78 is 0. The van der Waals surface area contributed by atoms with Gasteiger partial charge in [-0.2, -0.15) is 0 Å². The highest BCUT2D eigenvalue weighted by Crippen LogP contribution is 2.20. The van der Waals surface area contributed by atoms with Crippen LogP contribution in [0.3, 0.4) is 0 Å². The summed E-state index contributed by atoms with van der Waals surface area (Å²) in [5, 5.41) is 2.61. The van der Waals surface area contributed by atoms with Gasteiger partial charge >= 0.3 is 0 Å². The van der Waals surface area contributed by atoms with Gasteiger partial charge in [-0.25, -0.2) is 0 Å². The summed E-state index contributed by atoms with van der Waals surface area (Å²) in [6.07, 6.45) is 18.2. The normalized spacial score (nSPS) is 21.2. The molecule has 0 amide bonds. The van der Waals surface area contributed by atoms with E-state index in [0.717, 1.165) is 6.42 Å². The molecule has 1 aliphatic rings. The largest absolute Gasteiger partial charge is 0.103 e. The lowest BCUT2D eigenvalue weighted by Gasteiger charge is -2.18. The van der Waals surface area contributed by atoms with Crippen molar-refractivity contribution in [3.63, 3.8) is 0 Å². The first-order chi connectivity index (χ1) is 9.78. The summed E-state index contributed by atoms with van der Waals surface area (Å²) in [5.41, 5.74) is 1.25. The fourth-order valence-corrected chi connectivity index (χ4v) is 2.56. The lowest BCUT2D eigenvalue weighted by atomic mass is 9.86. The summed E-state index contributed by atoms with van der Waals surface area (Å²) in [4.78, 5) is 0. The van der Waals surface area contributed by atoms with E-state index in [1.807, 2.05) is 19.1 Å². The molecule has 1 aliphatic carbocycles. The molecule has 2 atom stereocenters. The Morgan fingerprint density at radius 2 is 1.90 bits per heavy atom. The molecule has 0 bridgehead atoms.